The zero-order valence-electron chi connectivity index (χ0n) is 13.4. The van der Waals surface area contributed by atoms with Crippen LogP contribution in [0.15, 0.2) is 53.0 Å². The molecule has 4 nitrogen and oxygen atoms in total. The van der Waals surface area contributed by atoms with Gasteiger partial charge < -0.3 is 15.2 Å². The van der Waals surface area contributed by atoms with Gasteiger partial charge in [0.1, 0.15) is 17.2 Å². The summed E-state index contributed by atoms with van der Waals surface area (Å²) >= 11 is 3.19. The summed E-state index contributed by atoms with van der Waals surface area (Å²) in [5.74, 6) is -0.401. The fraction of sp³-hybridized carbons (Fsp3) is 0.278. The molecule has 128 valence electrons. The second-order valence-electron chi connectivity index (χ2n) is 5.69. The van der Waals surface area contributed by atoms with Gasteiger partial charge in [0.15, 0.2) is 6.10 Å². The summed E-state index contributed by atoms with van der Waals surface area (Å²) < 4.78 is 19.0. The summed E-state index contributed by atoms with van der Waals surface area (Å²) in [4.78, 5) is 12.2. The van der Waals surface area contributed by atoms with Crippen molar-refractivity contribution >= 4 is 21.8 Å². The normalized spacial score (nSPS) is 14.5. The molecule has 0 aromatic heterocycles. The average Bonchev–Trinajstić information content (AvgIpc) is 2.56. The second kappa shape index (κ2) is 7.77. The van der Waals surface area contributed by atoms with E-state index in [4.69, 9.17) is 4.74 Å². The highest BCUT2D eigenvalue weighted by atomic mass is 79.9. The van der Waals surface area contributed by atoms with Crippen LogP contribution >= 0.6 is 15.9 Å². The summed E-state index contributed by atoms with van der Waals surface area (Å²) in [6, 6.07) is 13.1. The average molecular weight is 396 g/mol. The summed E-state index contributed by atoms with van der Waals surface area (Å²) in [6.45, 7) is 3.27. The van der Waals surface area contributed by atoms with Crippen molar-refractivity contribution in [2.75, 3.05) is 6.54 Å². The number of nitrogens with one attached hydrogen (secondary N) is 1. The molecule has 0 aliphatic rings. The summed E-state index contributed by atoms with van der Waals surface area (Å²) in [7, 11) is 0. The number of hydrogen-bond acceptors (Lipinski definition) is 3. The van der Waals surface area contributed by atoms with Crippen LogP contribution in [0.3, 0.4) is 0 Å². The lowest BCUT2D eigenvalue weighted by Crippen LogP contribution is -2.43. The quantitative estimate of drug-likeness (QED) is 0.787. The first-order valence-corrected chi connectivity index (χ1v) is 8.26. The van der Waals surface area contributed by atoms with E-state index in [2.05, 4.69) is 21.2 Å². The minimum Gasteiger partial charge on any atom is -0.480 e. The van der Waals surface area contributed by atoms with Gasteiger partial charge in [-0.25, -0.2) is 4.39 Å². The van der Waals surface area contributed by atoms with Crippen molar-refractivity contribution in [1.82, 2.24) is 5.32 Å². The van der Waals surface area contributed by atoms with E-state index in [0.717, 1.165) is 0 Å². The lowest BCUT2D eigenvalue weighted by atomic mass is 9.96. The first-order valence-electron chi connectivity index (χ1n) is 7.47. The maximum absolute atomic E-state index is 13.1. The van der Waals surface area contributed by atoms with Crippen LogP contribution in [-0.4, -0.2) is 23.7 Å². The van der Waals surface area contributed by atoms with Gasteiger partial charge in [0.05, 0.1) is 11.0 Å². The molecule has 2 N–H and O–H groups in total. The Bertz CT molecular complexity index is 707. The number of hydrogen-bond donors (Lipinski definition) is 2. The molecule has 0 saturated heterocycles. The van der Waals surface area contributed by atoms with Crippen LogP contribution in [0.25, 0.3) is 0 Å². The zero-order valence-corrected chi connectivity index (χ0v) is 15.0. The number of rotatable bonds is 6. The lowest BCUT2D eigenvalue weighted by molar-refractivity contribution is -0.128. The predicted octanol–water partition coefficient (Wildman–Crippen LogP) is 3.38. The molecule has 0 bridgehead atoms. The molecule has 2 rings (SSSR count). The van der Waals surface area contributed by atoms with E-state index in [9.17, 15) is 14.3 Å². The first kappa shape index (κ1) is 18.4. The van der Waals surface area contributed by atoms with Gasteiger partial charge in [0.2, 0.25) is 0 Å². The van der Waals surface area contributed by atoms with E-state index in [1.807, 2.05) is 18.2 Å². The Morgan fingerprint density at radius 1 is 1.33 bits per heavy atom. The van der Waals surface area contributed by atoms with Gasteiger partial charge in [-0.2, -0.15) is 0 Å². The fourth-order valence-electron chi connectivity index (χ4n) is 2.12. The number of halogens is 2. The number of carbonyl (C=O) groups is 1. The number of carbonyl (C=O) groups excluding carboxylic acids is 1. The van der Waals surface area contributed by atoms with Crippen LogP contribution in [0.2, 0.25) is 0 Å². The van der Waals surface area contributed by atoms with Crippen LogP contribution in [0.1, 0.15) is 19.4 Å². The third kappa shape index (κ3) is 4.79. The maximum atomic E-state index is 13.1. The van der Waals surface area contributed by atoms with Crippen molar-refractivity contribution in [3.8, 4) is 5.75 Å². The standard InChI is InChI=1S/C18H19BrFNO3/c1-12(24-16-9-8-14(20)10-15(16)19)17(22)21-11-18(2,23)13-6-4-3-5-7-13/h3-10,12,23H,11H2,1-2H3,(H,21,22). The molecule has 0 heterocycles. The van der Waals surface area contributed by atoms with Gasteiger partial charge in [-0.15, -0.1) is 0 Å². The Balaban J connectivity index is 1.94. The minimum atomic E-state index is -1.19. The van der Waals surface area contributed by atoms with Gasteiger partial charge >= 0.3 is 0 Å². The molecule has 2 aromatic carbocycles. The Morgan fingerprint density at radius 3 is 2.62 bits per heavy atom. The molecule has 0 fully saturated rings. The van der Waals surface area contributed by atoms with Gasteiger partial charge in [-0.05, 0) is 53.5 Å². The smallest absolute Gasteiger partial charge is 0.260 e. The Kier molecular flexibility index (Phi) is 5.96. The fourth-order valence-corrected chi connectivity index (χ4v) is 2.56. The van der Waals surface area contributed by atoms with E-state index in [-0.39, 0.29) is 12.5 Å². The Labute approximate surface area is 148 Å². The Hall–Kier alpha value is -1.92. The molecule has 0 aliphatic heterocycles. The van der Waals surface area contributed by atoms with Crippen LogP contribution in [-0.2, 0) is 10.4 Å². The van der Waals surface area contributed by atoms with Crippen molar-refractivity contribution in [2.24, 2.45) is 0 Å². The maximum Gasteiger partial charge on any atom is 0.260 e. The van der Waals surface area contributed by atoms with Crippen LogP contribution in [0, 0.1) is 5.82 Å². The monoisotopic (exact) mass is 395 g/mol. The van der Waals surface area contributed by atoms with Gasteiger partial charge in [0.25, 0.3) is 5.91 Å². The van der Waals surface area contributed by atoms with Crippen molar-refractivity contribution < 1.29 is 19.0 Å². The largest absolute Gasteiger partial charge is 0.480 e. The van der Waals surface area contributed by atoms with Crippen LogP contribution < -0.4 is 10.1 Å². The highest BCUT2D eigenvalue weighted by Crippen LogP contribution is 2.26. The highest BCUT2D eigenvalue weighted by Gasteiger charge is 2.25. The van der Waals surface area contributed by atoms with Crippen molar-refractivity contribution in [3.05, 3.63) is 64.4 Å². The molecule has 0 spiro atoms. The molecular formula is C18H19BrFNO3. The van der Waals surface area contributed by atoms with Gasteiger partial charge in [0, 0.05) is 0 Å². The number of benzene rings is 2. The molecular weight excluding hydrogens is 377 g/mol. The van der Waals surface area contributed by atoms with Gasteiger partial charge in [-0.3, -0.25) is 4.79 Å². The molecule has 24 heavy (non-hydrogen) atoms. The molecule has 6 heteroatoms. The van der Waals surface area contributed by atoms with Crippen molar-refractivity contribution in [2.45, 2.75) is 25.6 Å². The summed E-state index contributed by atoms with van der Waals surface area (Å²) in [5.41, 5.74) is -0.479. The third-order valence-electron chi connectivity index (χ3n) is 3.57. The topological polar surface area (TPSA) is 58.6 Å². The molecule has 1 amide bonds. The SMILES string of the molecule is CC(Oc1ccc(F)cc1Br)C(=O)NCC(C)(O)c1ccccc1. The van der Waals surface area contributed by atoms with Gasteiger partial charge in [-0.1, -0.05) is 30.3 Å². The van der Waals surface area contributed by atoms with Crippen molar-refractivity contribution in [1.29, 1.82) is 0 Å². The zero-order chi connectivity index (χ0) is 17.7. The third-order valence-corrected chi connectivity index (χ3v) is 4.19. The van der Waals surface area contributed by atoms with Crippen LogP contribution in [0.4, 0.5) is 4.39 Å². The predicted molar refractivity (Wildman–Crippen MR) is 93.2 cm³/mol. The lowest BCUT2D eigenvalue weighted by Gasteiger charge is -2.25. The molecule has 2 unspecified atom stereocenters. The molecule has 0 saturated carbocycles. The van der Waals surface area contributed by atoms with Crippen molar-refractivity contribution in [3.63, 3.8) is 0 Å². The minimum absolute atomic E-state index is 0.0497. The molecule has 0 radical (unpaired) electrons. The molecule has 2 aromatic rings. The first-order chi connectivity index (χ1) is 11.3. The van der Waals surface area contributed by atoms with Crippen LogP contribution in [0.5, 0.6) is 5.75 Å². The van der Waals surface area contributed by atoms with E-state index >= 15 is 0 Å². The van der Waals surface area contributed by atoms with E-state index < -0.39 is 17.5 Å². The van der Waals surface area contributed by atoms with E-state index in [1.54, 1.807) is 26.0 Å². The molecule has 0 aliphatic carbocycles. The number of amides is 1. The second-order valence-corrected chi connectivity index (χ2v) is 6.55. The molecule has 2 atom stereocenters. The number of ether oxygens (including phenoxy) is 1. The van der Waals surface area contributed by atoms with E-state index in [1.165, 1.54) is 18.2 Å². The number of aliphatic hydroxyl groups is 1. The summed E-state index contributed by atoms with van der Waals surface area (Å²) in [5, 5.41) is 13.1. The van der Waals surface area contributed by atoms with E-state index in [0.29, 0.717) is 15.8 Å². The summed E-state index contributed by atoms with van der Waals surface area (Å²) in [6.07, 6.45) is -0.793. The Morgan fingerprint density at radius 2 is 2.00 bits per heavy atom. The highest BCUT2D eigenvalue weighted by molar-refractivity contribution is 9.10.